The van der Waals surface area contributed by atoms with Gasteiger partial charge in [-0.3, -0.25) is 0 Å². The Morgan fingerprint density at radius 3 is 1.50 bits per heavy atom. The van der Waals surface area contributed by atoms with Crippen molar-refractivity contribution in [3.8, 4) is 50.2 Å². The third-order valence-corrected chi connectivity index (χ3v) is 11.8. The van der Waals surface area contributed by atoms with E-state index in [9.17, 15) is 0 Å². The van der Waals surface area contributed by atoms with Gasteiger partial charge < -0.3 is 9.47 Å². The van der Waals surface area contributed by atoms with Crippen molar-refractivity contribution in [1.29, 1.82) is 0 Å². The number of benzene rings is 10. The summed E-state index contributed by atoms with van der Waals surface area (Å²) in [5.41, 5.74) is 16.3. The molecule has 0 aliphatic rings. The van der Waals surface area contributed by atoms with Crippen LogP contribution in [0.5, 0.6) is 0 Å². The Kier molecular flexibility index (Phi) is 8.87. The zero-order chi connectivity index (χ0) is 39.8. The van der Waals surface area contributed by atoms with Gasteiger partial charge in [0.25, 0.3) is 0 Å². The van der Waals surface area contributed by atoms with Crippen LogP contribution >= 0.6 is 0 Å². The molecular weight excluding hydrogens is 725 g/mol. The lowest BCUT2D eigenvalue weighted by molar-refractivity contribution is 1.18. The van der Waals surface area contributed by atoms with Gasteiger partial charge in [0.1, 0.15) is 0 Å². The van der Waals surface area contributed by atoms with Crippen molar-refractivity contribution >= 4 is 49.6 Å². The third-order valence-electron chi connectivity index (χ3n) is 11.8. The summed E-state index contributed by atoms with van der Waals surface area (Å²) in [5, 5.41) is 4.97. The number of hydrogen-bond donors (Lipinski definition) is 0. The van der Waals surface area contributed by atoms with Crippen LogP contribution < -0.4 is 4.90 Å². The fraction of sp³-hybridized carbons (Fsp3) is 0. The summed E-state index contributed by atoms with van der Waals surface area (Å²) in [6.07, 6.45) is 0. The molecule has 0 atom stereocenters. The predicted molar refractivity (Wildman–Crippen MR) is 255 cm³/mol. The van der Waals surface area contributed by atoms with Crippen LogP contribution in [0.1, 0.15) is 0 Å². The lowest BCUT2D eigenvalue weighted by Crippen LogP contribution is -2.10. The highest BCUT2D eigenvalue weighted by Gasteiger charge is 2.19. The van der Waals surface area contributed by atoms with Crippen LogP contribution in [0.15, 0.2) is 243 Å². The molecule has 0 aliphatic carbocycles. The highest BCUT2D eigenvalue weighted by molar-refractivity contribution is 6.11. The smallest absolute Gasteiger partial charge is 0.0547 e. The summed E-state index contributed by atoms with van der Waals surface area (Å²) in [6.45, 7) is 0. The summed E-state index contributed by atoms with van der Waals surface area (Å²) in [5.74, 6) is 0. The zero-order valence-electron chi connectivity index (χ0n) is 33.0. The van der Waals surface area contributed by atoms with Crippen LogP contribution in [0.4, 0.5) is 17.1 Å². The van der Waals surface area contributed by atoms with Gasteiger partial charge in [0, 0.05) is 33.4 Å². The van der Waals surface area contributed by atoms with E-state index in [4.69, 9.17) is 0 Å². The predicted octanol–water partition coefficient (Wildman–Crippen LogP) is 16.1. The Morgan fingerprint density at radius 1 is 0.267 bits per heavy atom. The van der Waals surface area contributed by atoms with Gasteiger partial charge in [0.2, 0.25) is 0 Å². The van der Waals surface area contributed by atoms with Crippen LogP contribution in [-0.2, 0) is 0 Å². The summed E-state index contributed by atoms with van der Waals surface area (Å²) in [4.78, 5) is 2.37. The van der Waals surface area contributed by atoms with Crippen LogP contribution in [0, 0.1) is 0 Å². The molecule has 0 saturated carbocycles. The molecule has 282 valence electrons. The maximum Gasteiger partial charge on any atom is 0.0547 e. The molecule has 11 aromatic rings. The van der Waals surface area contributed by atoms with Gasteiger partial charge in [-0.1, -0.05) is 182 Å². The van der Waals surface area contributed by atoms with Crippen molar-refractivity contribution in [1.82, 2.24) is 4.57 Å². The van der Waals surface area contributed by atoms with E-state index in [1.165, 1.54) is 66.0 Å². The highest BCUT2D eigenvalue weighted by Crippen LogP contribution is 2.42. The van der Waals surface area contributed by atoms with E-state index in [1.807, 2.05) is 0 Å². The van der Waals surface area contributed by atoms with Crippen LogP contribution in [0.3, 0.4) is 0 Å². The molecular formula is C58H40N2. The number of fused-ring (bicyclic) bond motifs is 4. The standard InChI is InChI=1S/C58H40N2/c1-3-14-41(15-4-1)44-28-33-50(34-29-44)59(51-35-30-45(31-36-51)42-16-5-2-6-17-42)52-21-13-20-49(39-52)53-22-9-11-24-56(53)60-57-25-12-10-23-54(57)55-37-32-48(40-58(55)60)47-27-26-43-18-7-8-19-46(43)38-47/h1-40H. The number of rotatable bonds is 8. The van der Waals surface area contributed by atoms with Crippen molar-refractivity contribution in [3.63, 3.8) is 0 Å². The van der Waals surface area contributed by atoms with Crippen LogP contribution in [-0.4, -0.2) is 4.57 Å². The summed E-state index contributed by atoms with van der Waals surface area (Å²) >= 11 is 0. The SMILES string of the molecule is c1ccc(-c2ccc(N(c3ccc(-c4ccccc4)cc3)c3cccc(-c4ccccc4-n4c5ccccc5c5ccc(-c6ccc7ccccc7c6)cc54)c3)cc2)cc1. The zero-order valence-corrected chi connectivity index (χ0v) is 33.0. The monoisotopic (exact) mass is 764 g/mol. The fourth-order valence-electron chi connectivity index (χ4n) is 8.82. The lowest BCUT2D eigenvalue weighted by atomic mass is 9.99. The molecule has 0 unspecified atom stereocenters. The maximum absolute atomic E-state index is 2.46. The van der Waals surface area contributed by atoms with Crippen LogP contribution in [0.2, 0.25) is 0 Å². The van der Waals surface area contributed by atoms with Gasteiger partial charge in [0.15, 0.2) is 0 Å². The Morgan fingerprint density at radius 2 is 0.783 bits per heavy atom. The molecule has 60 heavy (non-hydrogen) atoms. The van der Waals surface area contributed by atoms with Crippen molar-refractivity contribution in [2.75, 3.05) is 4.90 Å². The molecule has 0 fully saturated rings. The van der Waals surface area contributed by atoms with Gasteiger partial charge in [-0.05, 0) is 110 Å². The molecule has 0 bridgehead atoms. The van der Waals surface area contributed by atoms with E-state index in [0.29, 0.717) is 0 Å². The maximum atomic E-state index is 2.46. The highest BCUT2D eigenvalue weighted by atomic mass is 15.1. The van der Waals surface area contributed by atoms with Gasteiger partial charge in [0.05, 0.1) is 16.7 Å². The Balaban J connectivity index is 1.05. The Labute approximate surface area is 350 Å². The van der Waals surface area contributed by atoms with Gasteiger partial charge in [-0.25, -0.2) is 0 Å². The summed E-state index contributed by atoms with van der Waals surface area (Å²) in [6, 6.07) is 87.9. The molecule has 0 N–H and O–H groups in total. The van der Waals surface area contributed by atoms with Gasteiger partial charge in [-0.2, -0.15) is 0 Å². The summed E-state index contributed by atoms with van der Waals surface area (Å²) in [7, 11) is 0. The van der Waals surface area contributed by atoms with Crippen molar-refractivity contribution in [2.45, 2.75) is 0 Å². The van der Waals surface area contributed by atoms with Gasteiger partial charge >= 0.3 is 0 Å². The number of aromatic nitrogens is 1. The van der Waals surface area contributed by atoms with Crippen LogP contribution in [0.25, 0.3) is 82.8 Å². The van der Waals surface area contributed by atoms with E-state index in [2.05, 4.69) is 252 Å². The number of para-hydroxylation sites is 2. The second-order valence-electron chi connectivity index (χ2n) is 15.4. The second-order valence-corrected chi connectivity index (χ2v) is 15.4. The molecule has 0 spiro atoms. The normalized spacial score (nSPS) is 11.3. The molecule has 0 radical (unpaired) electrons. The third kappa shape index (κ3) is 6.41. The minimum atomic E-state index is 1.09. The molecule has 1 aromatic heterocycles. The minimum absolute atomic E-state index is 1.09. The van der Waals surface area contributed by atoms with E-state index in [0.717, 1.165) is 33.9 Å². The quantitative estimate of drug-likeness (QED) is 0.150. The number of nitrogens with zero attached hydrogens (tertiary/aromatic N) is 2. The summed E-state index contributed by atoms with van der Waals surface area (Å²) < 4.78 is 2.46. The molecule has 0 amide bonds. The molecule has 0 aliphatic heterocycles. The number of anilines is 3. The van der Waals surface area contributed by atoms with E-state index >= 15 is 0 Å². The fourth-order valence-corrected chi connectivity index (χ4v) is 8.82. The van der Waals surface area contributed by atoms with Crippen molar-refractivity contribution < 1.29 is 0 Å². The lowest BCUT2D eigenvalue weighted by Gasteiger charge is -2.27. The van der Waals surface area contributed by atoms with Crippen molar-refractivity contribution in [3.05, 3.63) is 243 Å². The second kappa shape index (κ2) is 15.1. The first kappa shape index (κ1) is 35.2. The number of hydrogen-bond acceptors (Lipinski definition) is 1. The molecule has 2 nitrogen and oxygen atoms in total. The van der Waals surface area contributed by atoms with Gasteiger partial charge in [-0.15, -0.1) is 0 Å². The van der Waals surface area contributed by atoms with E-state index < -0.39 is 0 Å². The Bertz CT molecular complexity index is 3210. The average Bonchev–Trinajstić information content (AvgIpc) is 3.66. The largest absolute Gasteiger partial charge is 0.310 e. The molecule has 10 aromatic carbocycles. The first-order valence-corrected chi connectivity index (χ1v) is 20.6. The first-order valence-electron chi connectivity index (χ1n) is 20.6. The molecule has 11 rings (SSSR count). The molecule has 2 heteroatoms. The van der Waals surface area contributed by atoms with E-state index in [-0.39, 0.29) is 0 Å². The first-order chi connectivity index (χ1) is 29.7. The van der Waals surface area contributed by atoms with Crippen molar-refractivity contribution in [2.24, 2.45) is 0 Å². The Hall–Kier alpha value is -7.94. The average molecular weight is 765 g/mol. The molecule has 1 heterocycles. The minimum Gasteiger partial charge on any atom is -0.310 e. The topological polar surface area (TPSA) is 8.17 Å². The van der Waals surface area contributed by atoms with E-state index in [1.54, 1.807) is 0 Å². The molecule has 0 saturated heterocycles.